The molecule has 3 heterocycles. The molecule has 1 aromatic carbocycles. The van der Waals surface area contributed by atoms with Gasteiger partial charge >= 0.3 is 0 Å². The maximum Gasteiger partial charge on any atom is 0.152 e. The van der Waals surface area contributed by atoms with E-state index in [4.69, 9.17) is 0 Å². The molecule has 1 unspecified atom stereocenters. The number of hydrogen-bond donors (Lipinski definition) is 0. The third kappa shape index (κ3) is 3.00. The Balaban J connectivity index is 1.82. The van der Waals surface area contributed by atoms with Gasteiger partial charge in [-0.05, 0) is 24.1 Å². The first-order chi connectivity index (χ1) is 11.9. The van der Waals surface area contributed by atoms with Crippen LogP contribution in [0.1, 0.15) is 6.42 Å². The first-order valence-corrected chi connectivity index (χ1v) is 10.6. The lowest BCUT2D eigenvalue weighted by atomic mass is 10.1. The molecule has 1 aliphatic rings. The SMILES string of the molecule is CN(c1ncnc2scc(-c3ccc(F)cc3)c12)C1CCS(=O)(=O)C1. The van der Waals surface area contributed by atoms with E-state index in [1.54, 1.807) is 12.1 Å². The lowest BCUT2D eigenvalue weighted by molar-refractivity contribution is 0.600. The topological polar surface area (TPSA) is 63.2 Å². The van der Waals surface area contributed by atoms with E-state index in [0.717, 1.165) is 21.3 Å². The molecule has 0 bridgehead atoms. The molecule has 0 spiro atoms. The highest BCUT2D eigenvalue weighted by Crippen LogP contribution is 2.38. The van der Waals surface area contributed by atoms with Crippen LogP contribution in [-0.4, -0.2) is 43.0 Å². The van der Waals surface area contributed by atoms with Crippen LogP contribution in [0.2, 0.25) is 0 Å². The molecule has 8 heteroatoms. The van der Waals surface area contributed by atoms with Crippen LogP contribution in [0.5, 0.6) is 0 Å². The van der Waals surface area contributed by atoms with Crippen molar-refractivity contribution >= 4 is 37.2 Å². The molecule has 1 atom stereocenters. The van der Waals surface area contributed by atoms with E-state index < -0.39 is 9.84 Å². The standard InChI is InChI=1S/C17H16FN3O2S2/c1-21(13-6-7-25(22,23)9-13)16-15-14(8-24-17(15)20-10-19-16)11-2-4-12(18)5-3-11/h2-5,8,10,13H,6-7,9H2,1H3. The van der Waals surface area contributed by atoms with Gasteiger partial charge in [-0.1, -0.05) is 12.1 Å². The lowest BCUT2D eigenvalue weighted by Gasteiger charge is -2.25. The minimum atomic E-state index is -2.98. The van der Waals surface area contributed by atoms with Gasteiger partial charge in [0.05, 0.1) is 16.9 Å². The van der Waals surface area contributed by atoms with Crippen molar-refractivity contribution < 1.29 is 12.8 Å². The number of aromatic nitrogens is 2. The molecule has 0 amide bonds. The Hall–Kier alpha value is -2.06. The summed E-state index contributed by atoms with van der Waals surface area (Å²) in [6, 6.07) is 6.22. The summed E-state index contributed by atoms with van der Waals surface area (Å²) in [4.78, 5) is 11.5. The summed E-state index contributed by atoms with van der Waals surface area (Å²) in [6.07, 6.45) is 2.10. The summed E-state index contributed by atoms with van der Waals surface area (Å²) in [6.45, 7) is 0. The van der Waals surface area contributed by atoms with E-state index in [9.17, 15) is 12.8 Å². The van der Waals surface area contributed by atoms with E-state index in [2.05, 4.69) is 9.97 Å². The van der Waals surface area contributed by atoms with E-state index in [0.29, 0.717) is 12.2 Å². The first kappa shape index (κ1) is 16.4. The summed E-state index contributed by atoms with van der Waals surface area (Å²) >= 11 is 1.50. The van der Waals surface area contributed by atoms with Crippen LogP contribution in [0.3, 0.4) is 0 Å². The molecule has 0 radical (unpaired) electrons. The highest BCUT2D eigenvalue weighted by Gasteiger charge is 2.32. The fraction of sp³-hybridized carbons (Fsp3) is 0.294. The average molecular weight is 377 g/mol. The lowest BCUT2D eigenvalue weighted by Crippen LogP contribution is -2.33. The van der Waals surface area contributed by atoms with Crippen molar-refractivity contribution in [2.45, 2.75) is 12.5 Å². The highest BCUT2D eigenvalue weighted by atomic mass is 32.2. The van der Waals surface area contributed by atoms with Crippen molar-refractivity contribution in [3.8, 4) is 11.1 Å². The van der Waals surface area contributed by atoms with Gasteiger partial charge in [0, 0.05) is 24.0 Å². The molecule has 0 N–H and O–H groups in total. The van der Waals surface area contributed by atoms with E-state index in [1.165, 1.54) is 29.8 Å². The molecule has 4 rings (SSSR count). The Labute approximate surface area is 149 Å². The zero-order valence-electron chi connectivity index (χ0n) is 13.5. The predicted molar refractivity (Wildman–Crippen MR) is 98.3 cm³/mol. The van der Waals surface area contributed by atoms with Gasteiger partial charge < -0.3 is 4.90 Å². The Morgan fingerprint density at radius 2 is 2.00 bits per heavy atom. The van der Waals surface area contributed by atoms with E-state index in [1.807, 2.05) is 17.3 Å². The van der Waals surface area contributed by atoms with Gasteiger partial charge in [0.1, 0.15) is 22.8 Å². The molecular weight excluding hydrogens is 361 g/mol. The van der Waals surface area contributed by atoms with Crippen molar-refractivity contribution in [1.29, 1.82) is 0 Å². The molecule has 25 heavy (non-hydrogen) atoms. The Morgan fingerprint density at radius 1 is 1.24 bits per heavy atom. The molecule has 1 aliphatic heterocycles. The third-order valence-electron chi connectivity index (χ3n) is 4.60. The molecule has 1 fully saturated rings. The fourth-order valence-corrected chi connectivity index (χ4v) is 5.91. The maximum absolute atomic E-state index is 13.2. The van der Waals surface area contributed by atoms with Gasteiger partial charge in [-0.3, -0.25) is 0 Å². The summed E-state index contributed by atoms with van der Waals surface area (Å²) in [5.74, 6) is 0.788. The normalized spacial score (nSPS) is 19.4. The van der Waals surface area contributed by atoms with Crippen molar-refractivity contribution in [3.63, 3.8) is 0 Å². The minimum absolute atomic E-state index is 0.0935. The quantitative estimate of drug-likeness (QED) is 0.702. The second kappa shape index (κ2) is 6.03. The highest BCUT2D eigenvalue weighted by molar-refractivity contribution is 7.91. The first-order valence-electron chi connectivity index (χ1n) is 7.86. The number of nitrogens with zero attached hydrogens (tertiary/aromatic N) is 3. The molecule has 2 aromatic heterocycles. The van der Waals surface area contributed by atoms with Crippen molar-refractivity contribution in [2.24, 2.45) is 0 Å². The summed E-state index contributed by atoms with van der Waals surface area (Å²) in [5, 5.41) is 2.86. The van der Waals surface area contributed by atoms with Gasteiger partial charge in [-0.15, -0.1) is 11.3 Å². The van der Waals surface area contributed by atoms with Gasteiger partial charge in [0.2, 0.25) is 0 Å². The van der Waals surface area contributed by atoms with Crippen LogP contribution in [0.15, 0.2) is 36.0 Å². The van der Waals surface area contributed by atoms with Gasteiger partial charge in [-0.25, -0.2) is 22.8 Å². The van der Waals surface area contributed by atoms with Gasteiger partial charge in [0.15, 0.2) is 9.84 Å². The molecule has 1 saturated heterocycles. The van der Waals surface area contributed by atoms with Crippen molar-refractivity contribution in [3.05, 3.63) is 41.8 Å². The molecule has 130 valence electrons. The second-order valence-corrected chi connectivity index (χ2v) is 9.29. The van der Waals surface area contributed by atoms with Crippen LogP contribution >= 0.6 is 11.3 Å². The summed E-state index contributed by atoms with van der Waals surface area (Å²) in [5.41, 5.74) is 1.82. The van der Waals surface area contributed by atoms with Gasteiger partial charge in [-0.2, -0.15) is 0 Å². The predicted octanol–water partition coefficient (Wildman–Crippen LogP) is 3.12. The fourth-order valence-electron chi connectivity index (χ4n) is 3.22. The molecule has 5 nitrogen and oxygen atoms in total. The Morgan fingerprint density at radius 3 is 2.68 bits per heavy atom. The summed E-state index contributed by atoms with van der Waals surface area (Å²) < 4.78 is 36.9. The monoisotopic (exact) mass is 377 g/mol. The third-order valence-corrected chi connectivity index (χ3v) is 7.23. The summed E-state index contributed by atoms with van der Waals surface area (Å²) in [7, 11) is -1.11. The largest absolute Gasteiger partial charge is 0.355 e. The number of thiophene rings is 1. The molecular formula is C17H16FN3O2S2. The Kier molecular flexibility index (Phi) is 3.96. The molecule has 3 aromatic rings. The number of anilines is 1. The number of sulfone groups is 1. The number of fused-ring (bicyclic) bond motifs is 1. The number of benzene rings is 1. The van der Waals surface area contributed by atoms with Crippen molar-refractivity contribution in [1.82, 2.24) is 9.97 Å². The minimum Gasteiger partial charge on any atom is -0.355 e. The number of halogens is 1. The molecule has 0 aliphatic carbocycles. The zero-order valence-corrected chi connectivity index (χ0v) is 15.1. The van der Waals surface area contributed by atoms with Crippen LogP contribution < -0.4 is 4.90 Å². The van der Waals surface area contributed by atoms with E-state index >= 15 is 0 Å². The zero-order chi connectivity index (χ0) is 17.6. The maximum atomic E-state index is 13.2. The van der Waals surface area contributed by atoms with Gasteiger partial charge in [0.25, 0.3) is 0 Å². The van der Waals surface area contributed by atoms with Crippen LogP contribution in [0, 0.1) is 5.82 Å². The van der Waals surface area contributed by atoms with Crippen LogP contribution in [0.4, 0.5) is 10.2 Å². The Bertz CT molecular complexity index is 1030. The van der Waals surface area contributed by atoms with Crippen LogP contribution in [-0.2, 0) is 9.84 Å². The second-order valence-electron chi connectivity index (χ2n) is 6.20. The number of rotatable bonds is 3. The molecule has 0 saturated carbocycles. The number of hydrogen-bond acceptors (Lipinski definition) is 6. The average Bonchev–Trinajstić information content (AvgIpc) is 3.18. The smallest absolute Gasteiger partial charge is 0.152 e. The van der Waals surface area contributed by atoms with E-state index in [-0.39, 0.29) is 23.4 Å². The van der Waals surface area contributed by atoms with Crippen molar-refractivity contribution in [2.75, 3.05) is 23.5 Å². The van der Waals surface area contributed by atoms with Crippen LogP contribution in [0.25, 0.3) is 21.3 Å².